The van der Waals surface area contributed by atoms with E-state index in [1.807, 2.05) is 0 Å². The molecular weight excluding hydrogens is 330 g/mol. The van der Waals surface area contributed by atoms with Crippen LogP contribution in [0.15, 0.2) is 47.5 Å². The molecule has 0 radical (unpaired) electrons. The average Bonchev–Trinajstić information content (AvgIpc) is 2.48. The predicted molar refractivity (Wildman–Crippen MR) is 78.1 cm³/mol. The minimum Gasteiger partial charge on any atom is -0.457 e. The third-order valence-electron chi connectivity index (χ3n) is 2.80. The number of carbonyl (C=O) groups is 1. The van der Waals surface area contributed by atoms with Gasteiger partial charge in [0.1, 0.15) is 17.3 Å². The molecule has 0 saturated heterocycles. The van der Waals surface area contributed by atoms with Crippen LogP contribution in [0.4, 0.5) is 17.6 Å². The van der Waals surface area contributed by atoms with Crippen molar-refractivity contribution in [1.29, 1.82) is 0 Å². The first-order valence-electron chi connectivity index (χ1n) is 6.45. The maximum atomic E-state index is 13.2. The second kappa shape index (κ2) is 6.57. The summed E-state index contributed by atoms with van der Waals surface area (Å²) in [5.41, 5.74) is 8.51. The second-order valence-corrected chi connectivity index (χ2v) is 4.61. The minimum atomic E-state index is -4.79. The second-order valence-electron chi connectivity index (χ2n) is 4.61. The van der Waals surface area contributed by atoms with Gasteiger partial charge in [0.15, 0.2) is 5.96 Å². The number of alkyl halides is 3. The van der Waals surface area contributed by atoms with Crippen LogP contribution in [0.1, 0.15) is 15.9 Å². The number of aliphatic imine (C=N–C) groups is 1. The molecule has 0 bridgehead atoms. The highest BCUT2D eigenvalue weighted by atomic mass is 19.4. The van der Waals surface area contributed by atoms with E-state index in [4.69, 9.17) is 16.2 Å². The van der Waals surface area contributed by atoms with Gasteiger partial charge in [-0.2, -0.15) is 18.2 Å². The van der Waals surface area contributed by atoms with Gasteiger partial charge >= 0.3 is 6.18 Å². The molecule has 0 aliphatic heterocycles. The number of halogens is 4. The molecule has 9 heteroatoms. The van der Waals surface area contributed by atoms with Crippen LogP contribution >= 0.6 is 0 Å². The van der Waals surface area contributed by atoms with E-state index in [0.717, 1.165) is 24.3 Å². The summed E-state index contributed by atoms with van der Waals surface area (Å²) in [5, 5.41) is 0. The minimum absolute atomic E-state index is 0.00481. The van der Waals surface area contributed by atoms with Gasteiger partial charge in [-0.05, 0) is 42.5 Å². The summed E-state index contributed by atoms with van der Waals surface area (Å²) in [5.74, 6) is -2.69. The topological polar surface area (TPSA) is 90.7 Å². The van der Waals surface area contributed by atoms with Crippen molar-refractivity contribution in [3.63, 3.8) is 0 Å². The zero-order chi connectivity index (χ0) is 17.9. The monoisotopic (exact) mass is 341 g/mol. The van der Waals surface area contributed by atoms with Crippen molar-refractivity contribution in [2.24, 2.45) is 16.5 Å². The molecule has 0 aromatic heterocycles. The lowest BCUT2D eigenvalue weighted by Gasteiger charge is -2.14. The molecule has 0 fully saturated rings. The fourth-order valence-electron chi connectivity index (χ4n) is 1.78. The van der Waals surface area contributed by atoms with Gasteiger partial charge in [0.25, 0.3) is 5.91 Å². The summed E-state index contributed by atoms with van der Waals surface area (Å²) in [4.78, 5) is 14.8. The third-order valence-corrected chi connectivity index (χ3v) is 2.80. The molecule has 5 nitrogen and oxygen atoms in total. The molecule has 0 spiro atoms. The Labute approximate surface area is 133 Å². The van der Waals surface area contributed by atoms with Gasteiger partial charge in [0.2, 0.25) is 0 Å². The number of benzene rings is 2. The summed E-state index contributed by atoms with van der Waals surface area (Å²) < 4.78 is 57.5. The van der Waals surface area contributed by atoms with E-state index in [-0.39, 0.29) is 11.3 Å². The van der Waals surface area contributed by atoms with Crippen LogP contribution in [0.2, 0.25) is 0 Å². The van der Waals surface area contributed by atoms with Crippen molar-refractivity contribution in [3.05, 3.63) is 59.4 Å². The molecule has 0 aliphatic rings. The standard InChI is InChI=1S/C15H11F4N3O2/c16-9-2-4-10(5-3-9)24-12-6-1-8(13(23)22-14(20)21)7-11(12)15(17,18)19/h1-7H,(H4,20,21,22,23). The largest absolute Gasteiger partial charge is 0.457 e. The highest BCUT2D eigenvalue weighted by Gasteiger charge is 2.35. The molecular formula is C15H11F4N3O2. The van der Waals surface area contributed by atoms with Gasteiger partial charge in [-0.15, -0.1) is 0 Å². The van der Waals surface area contributed by atoms with Crippen LogP contribution in [0, 0.1) is 5.82 Å². The number of hydrogen-bond donors (Lipinski definition) is 2. The fraction of sp³-hybridized carbons (Fsp3) is 0.0667. The van der Waals surface area contributed by atoms with Crippen LogP contribution in [-0.4, -0.2) is 11.9 Å². The first-order valence-corrected chi connectivity index (χ1v) is 6.45. The highest BCUT2D eigenvalue weighted by molar-refractivity contribution is 6.02. The number of hydrogen-bond acceptors (Lipinski definition) is 2. The Kier molecular flexibility index (Phi) is 4.72. The van der Waals surface area contributed by atoms with E-state index in [1.165, 1.54) is 12.1 Å². The zero-order valence-corrected chi connectivity index (χ0v) is 12.0. The van der Waals surface area contributed by atoms with Crippen molar-refractivity contribution >= 4 is 11.9 Å². The Bertz CT molecular complexity index is 782. The van der Waals surface area contributed by atoms with E-state index in [0.29, 0.717) is 6.07 Å². The Morgan fingerprint density at radius 1 is 1.04 bits per heavy atom. The van der Waals surface area contributed by atoms with Crippen LogP contribution < -0.4 is 16.2 Å². The van der Waals surface area contributed by atoms with Crippen molar-refractivity contribution in [2.75, 3.05) is 0 Å². The van der Waals surface area contributed by atoms with Gasteiger partial charge in [0.05, 0.1) is 5.56 Å². The predicted octanol–water partition coefficient (Wildman–Crippen LogP) is 3.05. The lowest BCUT2D eigenvalue weighted by atomic mass is 10.1. The van der Waals surface area contributed by atoms with Crippen LogP contribution in [-0.2, 0) is 6.18 Å². The molecule has 0 aliphatic carbocycles. The van der Waals surface area contributed by atoms with Crippen LogP contribution in [0.3, 0.4) is 0 Å². The number of nitrogens with zero attached hydrogens (tertiary/aromatic N) is 1. The number of nitrogens with two attached hydrogens (primary N) is 2. The fourth-order valence-corrected chi connectivity index (χ4v) is 1.78. The lowest BCUT2D eigenvalue weighted by Crippen LogP contribution is -2.24. The first kappa shape index (κ1) is 17.3. The summed E-state index contributed by atoms with van der Waals surface area (Å²) >= 11 is 0. The van der Waals surface area contributed by atoms with Crippen molar-refractivity contribution in [2.45, 2.75) is 6.18 Å². The van der Waals surface area contributed by atoms with Crippen molar-refractivity contribution in [3.8, 4) is 11.5 Å². The molecule has 2 aromatic carbocycles. The molecule has 0 unspecified atom stereocenters. The van der Waals surface area contributed by atoms with E-state index in [9.17, 15) is 22.4 Å². The first-order chi connectivity index (χ1) is 11.2. The summed E-state index contributed by atoms with van der Waals surface area (Å²) in [6.07, 6.45) is -4.79. The summed E-state index contributed by atoms with van der Waals surface area (Å²) in [6, 6.07) is 7.05. The van der Waals surface area contributed by atoms with Gasteiger partial charge < -0.3 is 16.2 Å². The molecule has 2 rings (SSSR count). The van der Waals surface area contributed by atoms with Crippen LogP contribution in [0.5, 0.6) is 11.5 Å². The quantitative estimate of drug-likeness (QED) is 0.510. The molecule has 0 saturated carbocycles. The number of rotatable bonds is 3. The van der Waals surface area contributed by atoms with E-state index < -0.39 is 35.2 Å². The lowest BCUT2D eigenvalue weighted by molar-refractivity contribution is -0.138. The van der Waals surface area contributed by atoms with Crippen LogP contribution in [0.25, 0.3) is 0 Å². The average molecular weight is 341 g/mol. The molecule has 2 aromatic rings. The maximum Gasteiger partial charge on any atom is 0.420 e. The zero-order valence-electron chi connectivity index (χ0n) is 12.0. The Morgan fingerprint density at radius 2 is 1.67 bits per heavy atom. The summed E-state index contributed by atoms with van der Waals surface area (Å²) in [6.45, 7) is 0. The van der Waals surface area contributed by atoms with Gasteiger partial charge in [-0.3, -0.25) is 4.79 Å². The number of carbonyl (C=O) groups excluding carboxylic acids is 1. The maximum absolute atomic E-state index is 13.2. The molecule has 24 heavy (non-hydrogen) atoms. The molecule has 0 heterocycles. The van der Waals surface area contributed by atoms with Gasteiger partial charge in [0, 0.05) is 5.56 Å². The SMILES string of the molecule is NC(N)=NC(=O)c1ccc(Oc2ccc(F)cc2)c(C(F)(F)F)c1. The number of guanidine groups is 1. The van der Waals surface area contributed by atoms with Gasteiger partial charge in [-0.1, -0.05) is 0 Å². The molecule has 1 amide bonds. The summed E-state index contributed by atoms with van der Waals surface area (Å²) in [7, 11) is 0. The van der Waals surface area contributed by atoms with Gasteiger partial charge in [-0.25, -0.2) is 4.39 Å². The van der Waals surface area contributed by atoms with E-state index in [2.05, 4.69) is 4.99 Å². The molecule has 4 N–H and O–H groups in total. The van der Waals surface area contributed by atoms with E-state index >= 15 is 0 Å². The van der Waals surface area contributed by atoms with Crippen molar-refractivity contribution in [1.82, 2.24) is 0 Å². The smallest absolute Gasteiger partial charge is 0.420 e. The molecule has 126 valence electrons. The number of amides is 1. The third kappa shape index (κ3) is 4.22. The molecule has 0 atom stereocenters. The van der Waals surface area contributed by atoms with E-state index in [1.54, 1.807) is 0 Å². The Hall–Kier alpha value is -3.10. The normalized spacial score (nSPS) is 11.0. The Balaban J connectivity index is 2.42. The highest BCUT2D eigenvalue weighted by Crippen LogP contribution is 2.38. The number of ether oxygens (including phenoxy) is 1. The van der Waals surface area contributed by atoms with Crippen molar-refractivity contribution < 1.29 is 27.1 Å². The Morgan fingerprint density at radius 3 is 2.21 bits per heavy atom.